The predicted molar refractivity (Wildman–Crippen MR) is 145 cm³/mol. The number of thiophene rings is 1. The van der Waals surface area contributed by atoms with Crippen molar-refractivity contribution in [2.75, 3.05) is 11.9 Å². The SMILES string of the molecule is CCOC(=O)c1c(-c2ccccc2)csc1NC(=O)C(C#N)=Cc1ccc(OCc2ccccc2)cc1. The van der Waals surface area contributed by atoms with Gasteiger partial charge in [-0.3, -0.25) is 4.79 Å². The molecule has 1 N–H and O–H groups in total. The number of nitrogens with one attached hydrogen (secondary N) is 1. The first-order valence-electron chi connectivity index (χ1n) is 11.6. The molecule has 1 aromatic heterocycles. The fourth-order valence-electron chi connectivity index (χ4n) is 3.57. The summed E-state index contributed by atoms with van der Waals surface area (Å²) in [5.41, 5.74) is 3.38. The van der Waals surface area contributed by atoms with Gasteiger partial charge in [0.25, 0.3) is 5.91 Å². The lowest BCUT2D eigenvalue weighted by Crippen LogP contribution is -2.16. The first-order valence-corrected chi connectivity index (χ1v) is 12.5. The highest BCUT2D eigenvalue weighted by Crippen LogP contribution is 2.36. The van der Waals surface area contributed by atoms with Crippen molar-refractivity contribution in [1.82, 2.24) is 0 Å². The molecule has 4 rings (SSSR count). The highest BCUT2D eigenvalue weighted by atomic mass is 32.1. The Bertz CT molecular complexity index is 1440. The Morgan fingerprint density at radius 3 is 2.30 bits per heavy atom. The predicted octanol–water partition coefficient (Wildman–Crippen LogP) is 6.72. The highest BCUT2D eigenvalue weighted by molar-refractivity contribution is 7.15. The lowest BCUT2D eigenvalue weighted by atomic mass is 10.0. The van der Waals surface area contributed by atoms with Gasteiger partial charge in [0.15, 0.2) is 0 Å². The number of carbonyl (C=O) groups is 2. The first-order chi connectivity index (χ1) is 18.1. The van der Waals surface area contributed by atoms with E-state index in [2.05, 4.69) is 5.32 Å². The molecule has 184 valence electrons. The number of hydrogen-bond acceptors (Lipinski definition) is 6. The molecule has 6 nitrogen and oxygen atoms in total. The number of hydrogen-bond donors (Lipinski definition) is 1. The molecular formula is C30H24N2O4S. The van der Waals surface area contributed by atoms with Gasteiger partial charge in [-0.2, -0.15) is 5.26 Å². The van der Waals surface area contributed by atoms with Crippen LogP contribution in [0.25, 0.3) is 17.2 Å². The van der Waals surface area contributed by atoms with Crippen molar-refractivity contribution in [2.24, 2.45) is 0 Å². The first kappa shape index (κ1) is 25.4. The van der Waals surface area contributed by atoms with Crippen molar-refractivity contribution >= 4 is 34.3 Å². The Morgan fingerprint density at radius 1 is 0.973 bits per heavy atom. The number of benzene rings is 3. The van der Waals surface area contributed by atoms with Gasteiger partial charge in [0.05, 0.1) is 6.61 Å². The zero-order valence-electron chi connectivity index (χ0n) is 20.1. The summed E-state index contributed by atoms with van der Waals surface area (Å²) in [4.78, 5) is 25.7. The molecule has 0 spiro atoms. The maximum atomic E-state index is 13.0. The third kappa shape index (κ3) is 6.51. The number of anilines is 1. The van der Waals surface area contributed by atoms with Crippen LogP contribution in [0.2, 0.25) is 0 Å². The van der Waals surface area contributed by atoms with Crippen LogP contribution in [0.3, 0.4) is 0 Å². The minimum atomic E-state index is -0.612. The minimum absolute atomic E-state index is 0.0950. The zero-order chi connectivity index (χ0) is 26.0. The smallest absolute Gasteiger partial charge is 0.341 e. The summed E-state index contributed by atoms with van der Waals surface area (Å²) >= 11 is 1.21. The number of esters is 1. The Balaban J connectivity index is 1.51. The van der Waals surface area contributed by atoms with Gasteiger partial charge in [0.1, 0.15) is 34.6 Å². The monoisotopic (exact) mass is 508 g/mol. The van der Waals surface area contributed by atoms with E-state index in [1.54, 1.807) is 36.6 Å². The van der Waals surface area contributed by atoms with Gasteiger partial charge in [0.2, 0.25) is 0 Å². The summed E-state index contributed by atoms with van der Waals surface area (Å²) in [5.74, 6) is -0.472. The summed E-state index contributed by atoms with van der Waals surface area (Å²) in [6.07, 6.45) is 1.49. The van der Waals surface area contributed by atoms with E-state index in [-0.39, 0.29) is 17.7 Å². The Morgan fingerprint density at radius 2 is 1.65 bits per heavy atom. The van der Waals surface area contributed by atoms with Gasteiger partial charge in [-0.15, -0.1) is 11.3 Å². The van der Waals surface area contributed by atoms with Crippen molar-refractivity contribution in [3.63, 3.8) is 0 Å². The maximum Gasteiger partial charge on any atom is 0.341 e. The fraction of sp³-hybridized carbons (Fsp3) is 0.100. The second-order valence-corrected chi connectivity index (χ2v) is 8.79. The van der Waals surface area contributed by atoms with Crippen LogP contribution >= 0.6 is 11.3 Å². The Hall–Kier alpha value is -4.67. The standard InChI is InChI=1S/C30H24N2O4S/c1-2-35-30(34)27-26(23-11-7-4-8-12-23)20-37-29(27)32-28(33)24(18-31)17-21-13-15-25(16-14-21)36-19-22-9-5-3-6-10-22/h3-17,20H,2,19H2,1H3,(H,32,33). The number of nitriles is 1. The van der Waals surface area contributed by atoms with Crippen LogP contribution in [0.5, 0.6) is 5.75 Å². The molecule has 0 aliphatic rings. The summed E-state index contributed by atoms with van der Waals surface area (Å²) in [7, 11) is 0. The van der Waals surface area contributed by atoms with Crippen LogP contribution in [0.15, 0.2) is 95.9 Å². The average Bonchev–Trinajstić information content (AvgIpc) is 3.36. The lowest BCUT2D eigenvalue weighted by Gasteiger charge is -2.09. The molecule has 1 heterocycles. The van der Waals surface area contributed by atoms with Gasteiger partial charge >= 0.3 is 5.97 Å². The van der Waals surface area contributed by atoms with Gasteiger partial charge in [-0.05, 0) is 41.8 Å². The van der Waals surface area contributed by atoms with Crippen molar-refractivity contribution < 1.29 is 19.1 Å². The fourth-order valence-corrected chi connectivity index (χ4v) is 4.53. The van der Waals surface area contributed by atoms with Crippen molar-refractivity contribution in [2.45, 2.75) is 13.5 Å². The van der Waals surface area contributed by atoms with E-state index in [0.717, 1.165) is 11.1 Å². The van der Waals surface area contributed by atoms with Crippen molar-refractivity contribution in [1.29, 1.82) is 5.26 Å². The normalized spacial score (nSPS) is 10.9. The molecule has 0 unspecified atom stereocenters. The second-order valence-electron chi connectivity index (χ2n) is 7.91. The molecule has 7 heteroatoms. The van der Waals surface area contributed by atoms with Crippen molar-refractivity contribution in [3.05, 3.63) is 113 Å². The number of ether oxygens (including phenoxy) is 2. The molecule has 0 bridgehead atoms. The van der Waals surface area contributed by atoms with Crippen LogP contribution < -0.4 is 10.1 Å². The molecule has 0 saturated heterocycles. The lowest BCUT2D eigenvalue weighted by molar-refractivity contribution is -0.112. The van der Waals surface area contributed by atoms with E-state index in [9.17, 15) is 14.9 Å². The Kier molecular flexibility index (Phi) is 8.48. The van der Waals surface area contributed by atoms with E-state index >= 15 is 0 Å². The largest absolute Gasteiger partial charge is 0.489 e. The maximum absolute atomic E-state index is 13.0. The van der Waals surface area contributed by atoms with Crippen molar-refractivity contribution in [3.8, 4) is 22.9 Å². The third-order valence-electron chi connectivity index (χ3n) is 5.39. The Labute approximate surface area is 219 Å². The van der Waals surface area contributed by atoms with Crippen LogP contribution in [0.1, 0.15) is 28.4 Å². The highest BCUT2D eigenvalue weighted by Gasteiger charge is 2.23. The molecule has 0 fully saturated rings. The number of nitrogens with zero attached hydrogens (tertiary/aromatic N) is 1. The molecule has 1 amide bonds. The summed E-state index contributed by atoms with van der Waals surface area (Å²) in [5, 5.41) is 14.5. The van der Waals surface area contributed by atoms with E-state index in [4.69, 9.17) is 9.47 Å². The summed E-state index contributed by atoms with van der Waals surface area (Å²) in [6.45, 7) is 2.36. The van der Waals surface area contributed by atoms with Crippen LogP contribution in [0, 0.1) is 11.3 Å². The number of amides is 1. The third-order valence-corrected chi connectivity index (χ3v) is 6.28. The number of carbonyl (C=O) groups excluding carboxylic acids is 2. The van der Waals surface area contributed by atoms with Gasteiger partial charge in [0, 0.05) is 10.9 Å². The number of rotatable bonds is 9. The van der Waals surface area contributed by atoms with E-state index < -0.39 is 11.9 Å². The zero-order valence-corrected chi connectivity index (χ0v) is 21.0. The molecular weight excluding hydrogens is 484 g/mol. The molecule has 0 radical (unpaired) electrons. The molecule has 3 aromatic carbocycles. The molecule has 0 aliphatic heterocycles. The summed E-state index contributed by atoms with van der Waals surface area (Å²) in [6, 6.07) is 28.3. The summed E-state index contributed by atoms with van der Waals surface area (Å²) < 4.78 is 11.0. The van der Waals surface area contributed by atoms with Crippen LogP contribution in [-0.4, -0.2) is 18.5 Å². The topological polar surface area (TPSA) is 88.4 Å². The molecule has 0 saturated carbocycles. The van der Waals surface area contributed by atoms with Crippen LogP contribution in [-0.2, 0) is 16.1 Å². The van der Waals surface area contributed by atoms with E-state index in [0.29, 0.717) is 28.5 Å². The van der Waals surface area contributed by atoms with Gasteiger partial charge in [-0.1, -0.05) is 72.8 Å². The molecule has 4 aromatic rings. The average molecular weight is 509 g/mol. The molecule has 0 atom stereocenters. The van der Waals surface area contributed by atoms with E-state index in [1.165, 1.54) is 17.4 Å². The second kappa shape index (κ2) is 12.3. The van der Waals surface area contributed by atoms with Crippen LogP contribution in [0.4, 0.5) is 5.00 Å². The minimum Gasteiger partial charge on any atom is -0.489 e. The molecule has 37 heavy (non-hydrogen) atoms. The van der Waals surface area contributed by atoms with Gasteiger partial charge < -0.3 is 14.8 Å². The molecule has 0 aliphatic carbocycles. The van der Waals surface area contributed by atoms with Gasteiger partial charge in [-0.25, -0.2) is 4.79 Å². The van der Waals surface area contributed by atoms with E-state index in [1.807, 2.05) is 66.7 Å². The quantitative estimate of drug-likeness (QED) is 0.154.